The predicted octanol–water partition coefficient (Wildman–Crippen LogP) is 1.77. The Labute approximate surface area is 160 Å². The Balaban J connectivity index is 1.39. The Morgan fingerprint density at radius 2 is 1.85 bits per heavy atom. The summed E-state index contributed by atoms with van der Waals surface area (Å²) in [5.74, 6) is 0.737. The van der Waals surface area contributed by atoms with Crippen molar-refractivity contribution < 1.29 is 0 Å². The molecule has 0 bridgehead atoms. The molecule has 4 rings (SSSR count). The lowest BCUT2D eigenvalue weighted by Gasteiger charge is -2.28. The molecule has 2 aromatic rings. The molecule has 2 aliphatic rings. The lowest BCUT2D eigenvalue weighted by Crippen LogP contribution is -2.41. The van der Waals surface area contributed by atoms with Gasteiger partial charge in [0.25, 0.3) is 5.56 Å². The van der Waals surface area contributed by atoms with Crippen LogP contribution in [0.5, 0.6) is 0 Å². The highest BCUT2D eigenvalue weighted by Crippen LogP contribution is 2.19. The minimum absolute atomic E-state index is 0.0294. The molecule has 0 aliphatic carbocycles. The lowest BCUT2D eigenvalue weighted by molar-refractivity contribution is 0.182. The van der Waals surface area contributed by atoms with Gasteiger partial charge in [0, 0.05) is 37.6 Å². The van der Waals surface area contributed by atoms with E-state index in [0.717, 1.165) is 31.9 Å². The summed E-state index contributed by atoms with van der Waals surface area (Å²) in [5.41, 5.74) is -0.0294. The fraction of sp³-hybridized carbons (Fsp3) is 0.650. The highest BCUT2D eigenvalue weighted by Gasteiger charge is 2.26. The number of imidazole rings is 1. The average molecular weight is 371 g/mol. The summed E-state index contributed by atoms with van der Waals surface area (Å²) in [6, 6.07) is 3.77. The van der Waals surface area contributed by atoms with Gasteiger partial charge in [-0.1, -0.05) is 12.8 Å². The van der Waals surface area contributed by atoms with E-state index >= 15 is 0 Å². The van der Waals surface area contributed by atoms with E-state index in [0.29, 0.717) is 12.6 Å². The molecule has 0 aromatic carbocycles. The zero-order valence-electron chi connectivity index (χ0n) is 16.0. The van der Waals surface area contributed by atoms with E-state index in [9.17, 15) is 4.79 Å². The molecule has 2 saturated heterocycles. The molecular weight excluding hydrogens is 340 g/mol. The minimum atomic E-state index is -0.0294. The van der Waals surface area contributed by atoms with Gasteiger partial charge < -0.3 is 4.90 Å². The first-order valence-electron chi connectivity index (χ1n) is 10.3. The Kier molecular flexibility index (Phi) is 5.99. The molecule has 0 saturated carbocycles. The second kappa shape index (κ2) is 8.80. The normalized spacial score (nSPS) is 22.1. The summed E-state index contributed by atoms with van der Waals surface area (Å²) < 4.78 is 3.46. The van der Waals surface area contributed by atoms with E-state index in [-0.39, 0.29) is 5.56 Å². The molecule has 146 valence electrons. The van der Waals surface area contributed by atoms with Gasteiger partial charge in [-0.25, -0.2) is 9.67 Å². The molecule has 1 unspecified atom stereocenters. The van der Waals surface area contributed by atoms with E-state index < -0.39 is 0 Å². The first-order valence-corrected chi connectivity index (χ1v) is 10.3. The van der Waals surface area contributed by atoms with Crippen molar-refractivity contribution in [2.45, 2.75) is 51.1 Å². The molecule has 1 atom stereocenters. The fourth-order valence-electron chi connectivity index (χ4n) is 4.33. The topological polar surface area (TPSA) is 59.2 Å². The van der Waals surface area contributed by atoms with Crippen molar-refractivity contribution in [3.05, 3.63) is 41.2 Å². The van der Waals surface area contributed by atoms with Crippen LogP contribution in [0.3, 0.4) is 0 Å². The van der Waals surface area contributed by atoms with Gasteiger partial charge in [-0.2, -0.15) is 5.10 Å². The van der Waals surface area contributed by atoms with Crippen LogP contribution in [0.1, 0.15) is 38.5 Å². The third-order valence-corrected chi connectivity index (χ3v) is 5.91. The predicted molar refractivity (Wildman–Crippen MR) is 105 cm³/mol. The molecule has 2 aliphatic heterocycles. The zero-order valence-corrected chi connectivity index (χ0v) is 16.0. The van der Waals surface area contributed by atoms with E-state index in [1.165, 1.54) is 45.2 Å². The standard InChI is InChI=1S/C20H30N6O/c27-20-8-7-19(25-13-9-21-17-25)22-26(20)16-18-6-5-12-24(18)15-14-23-10-3-1-2-4-11-23/h7-9,13,17-18H,1-6,10-12,14-16H2. The van der Waals surface area contributed by atoms with Crippen molar-refractivity contribution in [1.82, 2.24) is 29.1 Å². The number of hydrogen-bond acceptors (Lipinski definition) is 5. The summed E-state index contributed by atoms with van der Waals surface area (Å²) in [6.45, 7) is 6.53. The van der Waals surface area contributed by atoms with Gasteiger partial charge >= 0.3 is 0 Å². The number of hydrogen-bond donors (Lipinski definition) is 0. The lowest BCUT2D eigenvalue weighted by atomic mass is 10.2. The summed E-state index contributed by atoms with van der Waals surface area (Å²) >= 11 is 0. The molecule has 27 heavy (non-hydrogen) atoms. The van der Waals surface area contributed by atoms with Gasteiger partial charge in [-0.15, -0.1) is 0 Å². The van der Waals surface area contributed by atoms with Crippen LogP contribution in [0, 0.1) is 0 Å². The first-order chi connectivity index (χ1) is 13.3. The Morgan fingerprint density at radius 1 is 1.00 bits per heavy atom. The number of nitrogens with zero attached hydrogens (tertiary/aromatic N) is 6. The van der Waals surface area contributed by atoms with Gasteiger partial charge in [0.05, 0.1) is 6.54 Å². The van der Waals surface area contributed by atoms with E-state index in [4.69, 9.17) is 0 Å². The number of aromatic nitrogens is 4. The third kappa shape index (κ3) is 4.65. The first kappa shape index (κ1) is 18.4. The summed E-state index contributed by atoms with van der Waals surface area (Å²) in [7, 11) is 0. The summed E-state index contributed by atoms with van der Waals surface area (Å²) in [4.78, 5) is 21.6. The van der Waals surface area contributed by atoms with E-state index in [1.807, 2.05) is 10.8 Å². The van der Waals surface area contributed by atoms with Crippen molar-refractivity contribution in [2.24, 2.45) is 0 Å². The number of rotatable bonds is 6. The molecule has 2 fully saturated rings. The van der Waals surface area contributed by atoms with Crippen molar-refractivity contribution in [2.75, 3.05) is 32.7 Å². The van der Waals surface area contributed by atoms with Gasteiger partial charge in [0.2, 0.25) is 0 Å². The Bertz CT molecular complexity index is 763. The van der Waals surface area contributed by atoms with Gasteiger partial charge in [-0.3, -0.25) is 14.3 Å². The smallest absolute Gasteiger partial charge is 0.266 e. The van der Waals surface area contributed by atoms with Gasteiger partial charge in [-0.05, 0) is 51.4 Å². The van der Waals surface area contributed by atoms with Crippen LogP contribution in [0.2, 0.25) is 0 Å². The molecule has 0 amide bonds. The highest BCUT2D eigenvalue weighted by atomic mass is 16.1. The molecule has 0 spiro atoms. The van der Waals surface area contributed by atoms with Gasteiger partial charge in [0.1, 0.15) is 6.33 Å². The van der Waals surface area contributed by atoms with Crippen molar-refractivity contribution in [1.29, 1.82) is 0 Å². The quantitative estimate of drug-likeness (QED) is 0.776. The van der Waals surface area contributed by atoms with Crippen LogP contribution in [0.4, 0.5) is 0 Å². The van der Waals surface area contributed by atoms with Crippen LogP contribution in [-0.2, 0) is 6.54 Å². The second-order valence-electron chi connectivity index (χ2n) is 7.77. The summed E-state index contributed by atoms with van der Waals surface area (Å²) in [5, 5.41) is 4.57. The SMILES string of the molecule is O=c1ccc(-n2ccnc2)nn1CC1CCCN1CCN1CCCCCC1. The van der Waals surface area contributed by atoms with Crippen LogP contribution in [0.25, 0.3) is 5.82 Å². The number of likely N-dealkylation sites (tertiary alicyclic amines) is 2. The molecule has 0 N–H and O–H groups in total. The Hall–Kier alpha value is -1.99. The highest BCUT2D eigenvalue weighted by molar-refractivity contribution is 5.19. The van der Waals surface area contributed by atoms with Gasteiger partial charge in [0.15, 0.2) is 5.82 Å². The fourth-order valence-corrected chi connectivity index (χ4v) is 4.33. The average Bonchev–Trinajstić information content (AvgIpc) is 3.29. The molecular formula is C20H30N6O. The largest absolute Gasteiger partial charge is 0.302 e. The van der Waals surface area contributed by atoms with E-state index in [1.54, 1.807) is 29.3 Å². The maximum absolute atomic E-state index is 12.3. The van der Waals surface area contributed by atoms with Crippen LogP contribution in [0.15, 0.2) is 35.6 Å². The molecule has 7 heteroatoms. The van der Waals surface area contributed by atoms with Crippen LogP contribution in [-0.4, -0.2) is 67.9 Å². The minimum Gasteiger partial charge on any atom is -0.302 e. The maximum atomic E-state index is 12.3. The van der Waals surface area contributed by atoms with Crippen molar-refractivity contribution in [3.63, 3.8) is 0 Å². The van der Waals surface area contributed by atoms with Crippen LogP contribution < -0.4 is 5.56 Å². The Morgan fingerprint density at radius 3 is 2.63 bits per heavy atom. The molecule has 4 heterocycles. The summed E-state index contributed by atoms with van der Waals surface area (Å²) in [6.07, 6.45) is 13.1. The molecule has 2 aromatic heterocycles. The monoisotopic (exact) mass is 370 g/mol. The second-order valence-corrected chi connectivity index (χ2v) is 7.77. The van der Waals surface area contributed by atoms with Crippen molar-refractivity contribution >= 4 is 0 Å². The van der Waals surface area contributed by atoms with Crippen LogP contribution >= 0.6 is 0 Å². The maximum Gasteiger partial charge on any atom is 0.266 e. The zero-order chi connectivity index (χ0) is 18.5. The third-order valence-electron chi connectivity index (χ3n) is 5.91. The van der Waals surface area contributed by atoms with E-state index in [2.05, 4.69) is 19.9 Å². The molecule has 7 nitrogen and oxygen atoms in total. The molecule has 0 radical (unpaired) electrons. The van der Waals surface area contributed by atoms with Crippen molar-refractivity contribution in [3.8, 4) is 5.82 Å².